The minimum absolute atomic E-state index is 0.324. The van der Waals surface area contributed by atoms with Gasteiger partial charge >= 0.3 is 0 Å². The smallest absolute Gasteiger partial charge is 0.162 e. The number of aryl methyl sites for hydroxylation is 1. The van der Waals surface area contributed by atoms with Gasteiger partial charge in [-0.3, -0.25) is 0 Å². The molecule has 0 bridgehead atoms. The van der Waals surface area contributed by atoms with Gasteiger partial charge in [0.1, 0.15) is 11.4 Å². The number of hydrazine groups is 1. The largest absolute Gasteiger partial charge is 0.367 e. The van der Waals surface area contributed by atoms with E-state index in [4.69, 9.17) is 15.6 Å². The lowest BCUT2D eigenvalue weighted by atomic mass is 9.83. The number of nitrogens with two attached hydrogens (primary N) is 1. The van der Waals surface area contributed by atoms with Gasteiger partial charge in [0.25, 0.3) is 0 Å². The highest BCUT2D eigenvalue weighted by Gasteiger charge is 2.38. The van der Waals surface area contributed by atoms with Crippen molar-refractivity contribution in [2.45, 2.75) is 64.9 Å². The SMILES string of the molecule is CCOC1(c2nc(C)c(CC)c(NN)n2)CCCCC1. The molecule has 0 unspecified atom stereocenters. The van der Waals surface area contributed by atoms with Gasteiger partial charge in [-0.05, 0) is 33.1 Å². The van der Waals surface area contributed by atoms with Crippen molar-refractivity contribution in [1.82, 2.24) is 9.97 Å². The third kappa shape index (κ3) is 2.79. The summed E-state index contributed by atoms with van der Waals surface area (Å²) in [5.41, 5.74) is 4.47. The molecule has 1 heterocycles. The van der Waals surface area contributed by atoms with E-state index < -0.39 is 0 Å². The molecule has 2 rings (SSSR count). The summed E-state index contributed by atoms with van der Waals surface area (Å²) in [6.45, 7) is 6.83. The zero-order chi connectivity index (χ0) is 14.6. The number of nitrogen functional groups attached to an aromatic ring is 1. The Bertz CT molecular complexity index is 450. The predicted octanol–water partition coefficient (Wildman–Crippen LogP) is 2.83. The van der Waals surface area contributed by atoms with Crippen molar-refractivity contribution >= 4 is 5.82 Å². The zero-order valence-electron chi connectivity index (χ0n) is 12.8. The van der Waals surface area contributed by atoms with Gasteiger partial charge in [0.2, 0.25) is 0 Å². The highest BCUT2D eigenvalue weighted by molar-refractivity contribution is 5.46. The van der Waals surface area contributed by atoms with Crippen molar-refractivity contribution in [2.24, 2.45) is 5.84 Å². The fourth-order valence-electron chi connectivity index (χ4n) is 3.17. The van der Waals surface area contributed by atoms with E-state index in [0.29, 0.717) is 6.61 Å². The minimum atomic E-state index is -0.324. The first kappa shape index (κ1) is 15.2. The first-order valence-electron chi connectivity index (χ1n) is 7.65. The van der Waals surface area contributed by atoms with Gasteiger partial charge in [-0.1, -0.05) is 26.2 Å². The Morgan fingerprint density at radius 1 is 1.20 bits per heavy atom. The van der Waals surface area contributed by atoms with Crippen LogP contribution in [0.15, 0.2) is 0 Å². The maximum absolute atomic E-state index is 6.09. The van der Waals surface area contributed by atoms with Crippen LogP contribution in [-0.2, 0) is 16.8 Å². The molecule has 112 valence electrons. The molecule has 0 atom stereocenters. The van der Waals surface area contributed by atoms with Crippen LogP contribution in [0, 0.1) is 6.92 Å². The lowest BCUT2D eigenvalue weighted by Gasteiger charge is -2.36. The van der Waals surface area contributed by atoms with E-state index >= 15 is 0 Å². The van der Waals surface area contributed by atoms with Crippen molar-refractivity contribution in [3.05, 3.63) is 17.1 Å². The average Bonchev–Trinajstić information content (AvgIpc) is 2.47. The topological polar surface area (TPSA) is 73.1 Å². The molecule has 0 aromatic carbocycles. The number of anilines is 1. The quantitative estimate of drug-likeness (QED) is 0.640. The lowest BCUT2D eigenvalue weighted by Crippen LogP contribution is -2.35. The van der Waals surface area contributed by atoms with E-state index in [9.17, 15) is 0 Å². The van der Waals surface area contributed by atoms with Crippen LogP contribution in [0.1, 0.15) is 63.0 Å². The molecule has 1 aromatic rings. The molecule has 0 spiro atoms. The van der Waals surface area contributed by atoms with Crippen LogP contribution >= 0.6 is 0 Å². The Hall–Kier alpha value is -1.20. The van der Waals surface area contributed by atoms with Gasteiger partial charge in [0, 0.05) is 17.9 Å². The van der Waals surface area contributed by atoms with E-state index in [1.54, 1.807) is 0 Å². The Morgan fingerprint density at radius 2 is 1.90 bits per heavy atom. The van der Waals surface area contributed by atoms with Crippen LogP contribution < -0.4 is 11.3 Å². The first-order chi connectivity index (χ1) is 9.66. The lowest BCUT2D eigenvalue weighted by molar-refractivity contribution is -0.0767. The molecule has 5 nitrogen and oxygen atoms in total. The molecular formula is C15H26N4O. The van der Waals surface area contributed by atoms with Crippen LogP contribution in [0.25, 0.3) is 0 Å². The molecule has 0 amide bonds. The number of rotatable bonds is 5. The van der Waals surface area contributed by atoms with E-state index in [1.807, 2.05) is 13.8 Å². The summed E-state index contributed by atoms with van der Waals surface area (Å²) >= 11 is 0. The summed E-state index contributed by atoms with van der Waals surface area (Å²) in [5.74, 6) is 7.16. The van der Waals surface area contributed by atoms with Crippen LogP contribution in [0.4, 0.5) is 5.82 Å². The molecule has 1 aromatic heterocycles. The predicted molar refractivity (Wildman–Crippen MR) is 80.3 cm³/mol. The fraction of sp³-hybridized carbons (Fsp3) is 0.733. The minimum Gasteiger partial charge on any atom is -0.367 e. The molecule has 3 N–H and O–H groups in total. The molecule has 0 radical (unpaired) electrons. The second kappa shape index (κ2) is 6.50. The van der Waals surface area contributed by atoms with Crippen molar-refractivity contribution in [2.75, 3.05) is 12.0 Å². The standard InChI is InChI=1S/C15H26N4O/c1-4-12-11(3)17-14(18-13(12)19-16)15(20-5-2)9-7-6-8-10-15/h4-10,16H2,1-3H3,(H,17,18,19). The van der Waals surface area contributed by atoms with Crippen molar-refractivity contribution < 1.29 is 4.74 Å². The maximum Gasteiger partial charge on any atom is 0.162 e. The monoisotopic (exact) mass is 278 g/mol. The molecule has 1 aliphatic rings. The van der Waals surface area contributed by atoms with Gasteiger partial charge in [0.05, 0.1) is 0 Å². The molecule has 20 heavy (non-hydrogen) atoms. The molecule has 1 aliphatic carbocycles. The number of nitrogens with one attached hydrogen (secondary N) is 1. The van der Waals surface area contributed by atoms with E-state index in [0.717, 1.165) is 42.2 Å². The number of hydrogen-bond donors (Lipinski definition) is 2. The third-order valence-corrected chi connectivity index (χ3v) is 4.19. The number of nitrogens with zero attached hydrogens (tertiary/aromatic N) is 2. The summed E-state index contributed by atoms with van der Waals surface area (Å²) in [6.07, 6.45) is 6.47. The average molecular weight is 278 g/mol. The summed E-state index contributed by atoms with van der Waals surface area (Å²) in [7, 11) is 0. The van der Waals surface area contributed by atoms with E-state index in [2.05, 4.69) is 17.3 Å². The molecule has 0 saturated heterocycles. The molecular weight excluding hydrogens is 252 g/mol. The zero-order valence-corrected chi connectivity index (χ0v) is 12.8. The summed E-state index contributed by atoms with van der Waals surface area (Å²) in [4.78, 5) is 9.40. The van der Waals surface area contributed by atoms with Gasteiger partial charge < -0.3 is 10.2 Å². The Balaban J connectivity index is 2.45. The first-order valence-corrected chi connectivity index (χ1v) is 7.65. The number of ether oxygens (including phenoxy) is 1. The number of hydrogen-bond acceptors (Lipinski definition) is 5. The Morgan fingerprint density at radius 3 is 2.45 bits per heavy atom. The molecule has 0 aliphatic heterocycles. The highest BCUT2D eigenvalue weighted by atomic mass is 16.5. The van der Waals surface area contributed by atoms with Gasteiger partial charge in [0.15, 0.2) is 5.82 Å². The fourth-order valence-corrected chi connectivity index (χ4v) is 3.17. The number of aromatic nitrogens is 2. The molecule has 5 heteroatoms. The van der Waals surface area contributed by atoms with E-state index in [1.165, 1.54) is 19.3 Å². The van der Waals surface area contributed by atoms with Gasteiger partial charge in [-0.2, -0.15) is 0 Å². The summed E-state index contributed by atoms with van der Waals surface area (Å²) in [5, 5.41) is 0. The second-order valence-corrected chi connectivity index (χ2v) is 5.45. The summed E-state index contributed by atoms with van der Waals surface area (Å²) < 4.78 is 6.09. The van der Waals surface area contributed by atoms with Gasteiger partial charge in [-0.25, -0.2) is 15.8 Å². The van der Waals surface area contributed by atoms with Crippen molar-refractivity contribution in [3.63, 3.8) is 0 Å². The Labute approximate surface area is 121 Å². The van der Waals surface area contributed by atoms with Crippen LogP contribution in [-0.4, -0.2) is 16.6 Å². The molecule has 1 fully saturated rings. The highest BCUT2D eigenvalue weighted by Crippen LogP contribution is 2.39. The third-order valence-electron chi connectivity index (χ3n) is 4.19. The Kier molecular flexibility index (Phi) is 4.94. The van der Waals surface area contributed by atoms with Crippen molar-refractivity contribution in [1.29, 1.82) is 0 Å². The molecule has 1 saturated carbocycles. The second-order valence-electron chi connectivity index (χ2n) is 5.45. The van der Waals surface area contributed by atoms with Gasteiger partial charge in [-0.15, -0.1) is 0 Å². The maximum atomic E-state index is 6.09. The van der Waals surface area contributed by atoms with Crippen LogP contribution in [0.3, 0.4) is 0 Å². The summed E-state index contributed by atoms with van der Waals surface area (Å²) in [6, 6.07) is 0. The van der Waals surface area contributed by atoms with Crippen LogP contribution in [0.2, 0.25) is 0 Å². The van der Waals surface area contributed by atoms with Crippen molar-refractivity contribution in [3.8, 4) is 0 Å². The normalized spacial score (nSPS) is 18.0. The van der Waals surface area contributed by atoms with E-state index in [-0.39, 0.29) is 5.60 Å². The van der Waals surface area contributed by atoms with Crippen LogP contribution in [0.5, 0.6) is 0 Å².